The van der Waals surface area contributed by atoms with Gasteiger partial charge in [0, 0.05) is 31.9 Å². The van der Waals surface area contributed by atoms with Crippen LogP contribution in [-0.2, 0) is 0 Å². The Morgan fingerprint density at radius 2 is 1.79 bits per heavy atom. The fourth-order valence-corrected chi connectivity index (χ4v) is 3.22. The van der Waals surface area contributed by atoms with Crippen molar-refractivity contribution in [2.45, 2.75) is 13.3 Å². The normalized spacial score (nSPS) is 14.7. The van der Waals surface area contributed by atoms with Crippen LogP contribution < -0.4 is 14.5 Å². The van der Waals surface area contributed by atoms with Crippen molar-refractivity contribution in [1.82, 2.24) is 19.9 Å². The van der Waals surface area contributed by atoms with Crippen LogP contribution in [0.25, 0.3) is 10.9 Å². The third kappa shape index (κ3) is 3.92. The highest BCUT2D eigenvalue weighted by Gasteiger charge is 2.19. The van der Waals surface area contributed by atoms with E-state index >= 15 is 0 Å². The number of fused-ring (bicyclic) bond motifs is 1. The summed E-state index contributed by atoms with van der Waals surface area (Å²) in [5.74, 6) is 1.06. The summed E-state index contributed by atoms with van der Waals surface area (Å²) in [5.41, 5.74) is 2.54. The molecule has 4 rings (SSSR count). The van der Waals surface area contributed by atoms with Crippen LogP contribution in [0.2, 0.25) is 0 Å². The fourth-order valence-electron chi connectivity index (χ4n) is 3.22. The summed E-state index contributed by atoms with van der Waals surface area (Å²) in [6.07, 6.45) is 2.34. The Balaban J connectivity index is 1.50. The molecule has 28 heavy (non-hydrogen) atoms. The second-order valence-corrected chi connectivity index (χ2v) is 6.57. The summed E-state index contributed by atoms with van der Waals surface area (Å²) >= 11 is 0. The van der Waals surface area contributed by atoms with E-state index in [1.165, 1.54) is 6.33 Å². The fraction of sp³-hybridized carbons (Fsp3) is 0.368. The van der Waals surface area contributed by atoms with Crippen LogP contribution in [-0.4, -0.2) is 59.1 Å². The van der Waals surface area contributed by atoms with Crippen molar-refractivity contribution >= 4 is 22.4 Å². The molecule has 7 nitrogen and oxygen atoms in total. The molecule has 0 bridgehead atoms. The number of piperazine rings is 1. The van der Waals surface area contributed by atoms with Crippen molar-refractivity contribution in [2.24, 2.45) is 0 Å². The quantitative estimate of drug-likeness (QED) is 0.668. The van der Waals surface area contributed by atoms with Gasteiger partial charge in [-0.3, -0.25) is 4.98 Å². The number of aryl methyl sites for hydroxylation is 1. The molecule has 0 aliphatic carbocycles. The van der Waals surface area contributed by atoms with Crippen molar-refractivity contribution in [3.8, 4) is 5.88 Å². The number of hydrogen-bond donors (Lipinski definition) is 0. The summed E-state index contributed by atoms with van der Waals surface area (Å²) in [6.45, 7) is 4.47. The van der Waals surface area contributed by atoms with Crippen molar-refractivity contribution in [3.05, 3.63) is 42.6 Å². The van der Waals surface area contributed by atoms with Gasteiger partial charge in [-0.2, -0.15) is 0 Å². The number of hydrogen-bond acceptors (Lipinski definition) is 7. The number of anilines is 2. The molecule has 0 radical (unpaired) electrons. The maximum atomic E-state index is 12.5. The van der Waals surface area contributed by atoms with Gasteiger partial charge in [0.25, 0.3) is 6.43 Å². The zero-order chi connectivity index (χ0) is 19.5. The van der Waals surface area contributed by atoms with E-state index < -0.39 is 13.0 Å². The molecule has 2 aromatic heterocycles. The minimum absolute atomic E-state index is 0.181. The number of alkyl halides is 2. The molecule has 9 heteroatoms. The molecule has 146 valence electrons. The summed E-state index contributed by atoms with van der Waals surface area (Å²) in [7, 11) is 0. The molecule has 3 heterocycles. The number of ether oxygens (including phenoxy) is 1. The number of aromatic nitrogens is 4. The molecule has 0 saturated carbocycles. The molecule has 1 aromatic carbocycles. The number of halogens is 2. The molecule has 0 spiro atoms. The Morgan fingerprint density at radius 3 is 2.50 bits per heavy atom. The molecule has 1 aliphatic heterocycles. The van der Waals surface area contributed by atoms with E-state index in [0.717, 1.165) is 43.4 Å². The second-order valence-electron chi connectivity index (χ2n) is 6.57. The van der Waals surface area contributed by atoms with E-state index in [2.05, 4.69) is 29.7 Å². The van der Waals surface area contributed by atoms with Crippen LogP contribution in [0.1, 0.15) is 5.69 Å². The van der Waals surface area contributed by atoms with Gasteiger partial charge in [0.2, 0.25) is 5.88 Å². The molecule has 0 atom stereocenters. The molecule has 1 saturated heterocycles. The highest BCUT2D eigenvalue weighted by Crippen LogP contribution is 2.28. The SMILES string of the molecule is Cc1cnc(N2CCN(c3ccc4ncnc(OCC(F)F)c4c3)CC2)cn1. The lowest BCUT2D eigenvalue weighted by Gasteiger charge is -2.36. The second kappa shape index (κ2) is 7.87. The summed E-state index contributed by atoms with van der Waals surface area (Å²) in [6, 6.07) is 5.74. The minimum Gasteiger partial charge on any atom is -0.471 e. The standard InChI is InChI=1S/C19H20F2N6O/c1-13-9-23-18(10-22-13)27-6-4-26(5-7-27)14-2-3-16-15(8-14)19(25-12-24-16)28-11-17(20)21/h2-3,8-10,12,17H,4-7,11H2,1H3. The Labute approximate surface area is 161 Å². The van der Waals surface area contributed by atoms with Crippen LogP contribution >= 0.6 is 0 Å². The maximum Gasteiger partial charge on any atom is 0.272 e. The van der Waals surface area contributed by atoms with E-state index in [9.17, 15) is 8.78 Å². The lowest BCUT2D eigenvalue weighted by molar-refractivity contribution is 0.0804. The van der Waals surface area contributed by atoms with Gasteiger partial charge in [0.15, 0.2) is 6.61 Å². The number of rotatable bonds is 5. The van der Waals surface area contributed by atoms with Gasteiger partial charge in [-0.25, -0.2) is 23.7 Å². The monoisotopic (exact) mass is 386 g/mol. The van der Waals surface area contributed by atoms with Crippen LogP contribution in [0, 0.1) is 6.92 Å². The maximum absolute atomic E-state index is 12.5. The van der Waals surface area contributed by atoms with Gasteiger partial charge in [-0.1, -0.05) is 0 Å². The smallest absolute Gasteiger partial charge is 0.272 e. The van der Waals surface area contributed by atoms with Crippen molar-refractivity contribution in [3.63, 3.8) is 0 Å². The highest BCUT2D eigenvalue weighted by atomic mass is 19.3. The largest absolute Gasteiger partial charge is 0.471 e. The van der Waals surface area contributed by atoms with Gasteiger partial charge in [-0.15, -0.1) is 0 Å². The van der Waals surface area contributed by atoms with E-state index in [0.29, 0.717) is 10.9 Å². The Bertz CT molecular complexity index is 945. The van der Waals surface area contributed by atoms with Crippen LogP contribution in [0.15, 0.2) is 36.9 Å². The van der Waals surface area contributed by atoms with Gasteiger partial charge in [0.05, 0.1) is 29.0 Å². The lowest BCUT2D eigenvalue weighted by atomic mass is 10.2. The summed E-state index contributed by atoms with van der Waals surface area (Å²) in [4.78, 5) is 21.4. The molecule has 1 aliphatic rings. The molecular weight excluding hydrogens is 366 g/mol. The van der Waals surface area contributed by atoms with E-state index in [4.69, 9.17) is 4.74 Å². The molecule has 1 fully saturated rings. The first-order valence-corrected chi connectivity index (χ1v) is 9.04. The van der Waals surface area contributed by atoms with E-state index in [1.807, 2.05) is 25.1 Å². The van der Waals surface area contributed by atoms with Gasteiger partial charge >= 0.3 is 0 Å². The van der Waals surface area contributed by atoms with Crippen LogP contribution in [0.5, 0.6) is 5.88 Å². The third-order valence-corrected chi connectivity index (χ3v) is 4.66. The first-order chi connectivity index (χ1) is 13.6. The predicted molar refractivity (Wildman–Crippen MR) is 102 cm³/mol. The van der Waals surface area contributed by atoms with Gasteiger partial charge in [0.1, 0.15) is 12.1 Å². The van der Waals surface area contributed by atoms with Crippen molar-refractivity contribution in [1.29, 1.82) is 0 Å². The predicted octanol–water partition coefficient (Wildman–Crippen LogP) is 2.70. The van der Waals surface area contributed by atoms with Gasteiger partial charge < -0.3 is 14.5 Å². The van der Waals surface area contributed by atoms with E-state index in [1.54, 1.807) is 12.4 Å². The zero-order valence-electron chi connectivity index (χ0n) is 15.4. The summed E-state index contributed by atoms with van der Waals surface area (Å²) < 4.78 is 30.2. The molecule has 0 unspecified atom stereocenters. The topological polar surface area (TPSA) is 67.3 Å². The minimum atomic E-state index is -2.55. The Morgan fingerprint density at radius 1 is 1.00 bits per heavy atom. The molecule has 0 amide bonds. The third-order valence-electron chi connectivity index (χ3n) is 4.66. The number of nitrogens with zero attached hydrogens (tertiary/aromatic N) is 6. The molecular formula is C19H20F2N6O. The van der Waals surface area contributed by atoms with Crippen molar-refractivity contribution < 1.29 is 13.5 Å². The highest BCUT2D eigenvalue weighted by molar-refractivity contribution is 5.86. The average Bonchev–Trinajstić information content (AvgIpc) is 2.72. The van der Waals surface area contributed by atoms with E-state index in [-0.39, 0.29) is 5.88 Å². The van der Waals surface area contributed by atoms with Crippen molar-refractivity contribution in [2.75, 3.05) is 42.6 Å². The number of benzene rings is 1. The first kappa shape index (κ1) is 18.3. The van der Waals surface area contributed by atoms with Gasteiger partial charge in [-0.05, 0) is 25.1 Å². The van der Waals surface area contributed by atoms with Crippen LogP contribution in [0.4, 0.5) is 20.3 Å². The molecule has 3 aromatic rings. The summed E-state index contributed by atoms with van der Waals surface area (Å²) in [5, 5.41) is 0.632. The first-order valence-electron chi connectivity index (χ1n) is 9.04. The molecule has 0 N–H and O–H groups in total. The zero-order valence-corrected chi connectivity index (χ0v) is 15.4. The Kier molecular flexibility index (Phi) is 5.14. The Hall–Kier alpha value is -3.10. The lowest BCUT2D eigenvalue weighted by Crippen LogP contribution is -2.46. The average molecular weight is 386 g/mol. The van der Waals surface area contributed by atoms with Crippen LogP contribution in [0.3, 0.4) is 0 Å².